The number of benzene rings is 2. The van der Waals surface area contributed by atoms with Crippen LogP contribution in [0.1, 0.15) is 24.0 Å². The van der Waals surface area contributed by atoms with Crippen LogP contribution in [0.15, 0.2) is 46.9 Å². The third-order valence-electron chi connectivity index (χ3n) is 5.32. The molecule has 0 atom stereocenters. The van der Waals surface area contributed by atoms with E-state index in [0.717, 1.165) is 21.3 Å². The number of anilines is 1. The van der Waals surface area contributed by atoms with Gasteiger partial charge in [-0.25, -0.2) is 0 Å². The fraction of sp³-hybridized carbons (Fsp3) is 0.364. The van der Waals surface area contributed by atoms with Crippen molar-refractivity contribution in [1.82, 2.24) is 4.90 Å². The molecular formula is C22H24BrClN2O3. The first-order chi connectivity index (χ1) is 13.8. The van der Waals surface area contributed by atoms with E-state index in [0.29, 0.717) is 31.1 Å². The van der Waals surface area contributed by atoms with Crippen LogP contribution in [0.5, 0.6) is 0 Å². The van der Waals surface area contributed by atoms with Gasteiger partial charge in [0.05, 0.1) is 12.0 Å². The molecule has 0 aromatic heterocycles. The maximum atomic E-state index is 13.5. The third-order valence-corrected chi connectivity index (χ3v) is 6.05. The van der Waals surface area contributed by atoms with Gasteiger partial charge < -0.3 is 15.0 Å². The Morgan fingerprint density at radius 2 is 1.93 bits per heavy atom. The number of hydrogen-bond donors (Lipinski definition) is 1. The minimum atomic E-state index is -0.730. The van der Waals surface area contributed by atoms with Crippen LogP contribution < -0.4 is 5.32 Å². The largest absolute Gasteiger partial charge is 0.381 e. The van der Waals surface area contributed by atoms with Crippen molar-refractivity contribution in [3.63, 3.8) is 0 Å². The molecule has 1 N–H and O–H groups in total. The summed E-state index contributed by atoms with van der Waals surface area (Å²) in [5.41, 5.74) is 1.82. The van der Waals surface area contributed by atoms with Crippen LogP contribution in [0.4, 0.5) is 5.69 Å². The molecule has 1 aliphatic heterocycles. The first-order valence-corrected chi connectivity index (χ1v) is 10.6. The van der Waals surface area contributed by atoms with Gasteiger partial charge in [0.2, 0.25) is 11.8 Å². The normalized spacial score (nSPS) is 15.6. The van der Waals surface area contributed by atoms with Crippen molar-refractivity contribution < 1.29 is 14.3 Å². The fourth-order valence-corrected chi connectivity index (χ4v) is 4.41. The fourth-order valence-electron chi connectivity index (χ4n) is 3.74. The number of likely N-dealkylation sites (N-methyl/N-ethyl adjacent to an activating group) is 1. The number of aryl methyl sites for hydroxylation is 1. The summed E-state index contributed by atoms with van der Waals surface area (Å²) >= 11 is 9.60. The number of carbonyl (C=O) groups excluding carboxylic acids is 2. The van der Waals surface area contributed by atoms with E-state index in [1.807, 2.05) is 43.3 Å². The second kappa shape index (κ2) is 9.28. The van der Waals surface area contributed by atoms with Gasteiger partial charge in [0.15, 0.2) is 0 Å². The Hall–Kier alpha value is -1.89. The zero-order valence-electron chi connectivity index (χ0n) is 16.5. The molecule has 1 heterocycles. The number of nitrogens with one attached hydrogen (secondary N) is 1. The highest BCUT2D eigenvalue weighted by atomic mass is 79.9. The maximum absolute atomic E-state index is 13.5. The van der Waals surface area contributed by atoms with Crippen molar-refractivity contribution in [1.29, 1.82) is 0 Å². The van der Waals surface area contributed by atoms with Crippen LogP contribution in [0.3, 0.4) is 0 Å². The first-order valence-electron chi connectivity index (χ1n) is 9.47. The molecule has 2 amide bonds. The van der Waals surface area contributed by atoms with Gasteiger partial charge in [0.1, 0.15) is 0 Å². The zero-order valence-corrected chi connectivity index (χ0v) is 18.8. The summed E-state index contributed by atoms with van der Waals surface area (Å²) in [4.78, 5) is 27.5. The monoisotopic (exact) mass is 478 g/mol. The number of ether oxygens (including phenoxy) is 1. The predicted octanol–water partition coefficient (Wildman–Crippen LogP) is 4.56. The lowest BCUT2D eigenvalue weighted by Gasteiger charge is -2.39. The molecule has 0 unspecified atom stereocenters. The summed E-state index contributed by atoms with van der Waals surface area (Å²) in [6, 6.07) is 13.0. The van der Waals surface area contributed by atoms with E-state index < -0.39 is 5.41 Å². The Kier molecular flexibility index (Phi) is 6.98. The molecular weight excluding hydrogens is 456 g/mol. The van der Waals surface area contributed by atoms with Crippen LogP contribution >= 0.6 is 27.5 Å². The molecule has 5 nitrogen and oxygen atoms in total. The molecule has 29 heavy (non-hydrogen) atoms. The Morgan fingerprint density at radius 3 is 2.59 bits per heavy atom. The van der Waals surface area contributed by atoms with Gasteiger partial charge in [-0.15, -0.1) is 0 Å². The molecule has 1 saturated heterocycles. The lowest BCUT2D eigenvalue weighted by molar-refractivity contribution is -0.142. The van der Waals surface area contributed by atoms with E-state index >= 15 is 0 Å². The number of halogens is 2. The van der Waals surface area contributed by atoms with Gasteiger partial charge in [-0.05, 0) is 61.2 Å². The summed E-state index contributed by atoms with van der Waals surface area (Å²) in [5, 5.41) is 3.48. The highest BCUT2D eigenvalue weighted by Crippen LogP contribution is 2.37. The van der Waals surface area contributed by atoms with Crippen molar-refractivity contribution in [3.8, 4) is 0 Å². The standard InChI is InChI=1S/C22H24BrClN2O3/c1-15-12-17(23)6-7-19(15)25-20(27)14-26(2)21(28)22(8-10-29-11-9-22)16-4-3-5-18(24)13-16/h3-7,12-13H,8-11,14H2,1-2H3,(H,25,27). The van der Waals surface area contributed by atoms with Crippen LogP contribution in [-0.4, -0.2) is 43.5 Å². The van der Waals surface area contributed by atoms with Crippen LogP contribution in [0.2, 0.25) is 5.02 Å². The molecule has 1 aliphatic rings. The smallest absolute Gasteiger partial charge is 0.243 e. The zero-order chi connectivity index (χ0) is 21.0. The molecule has 0 saturated carbocycles. The average molecular weight is 480 g/mol. The Labute approximate surface area is 184 Å². The molecule has 0 radical (unpaired) electrons. The number of hydrogen-bond acceptors (Lipinski definition) is 3. The summed E-state index contributed by atoms with van der Waals surface area (Å²) in [6.07, 6.45) is 1.12. The summed E-state index contributed by atoms with van der Waals surface area (Å²) < 4.78 is 6.45. The highest BCUT2D eigenvalue weighted by Gasteiger charge is 2.43. The van der Waals surface area contributed by atoms with E-state index in [9.17, 15) is 9.59 Å². The summed E-state index contributed by atoms with van der Waals surface area (Å²) in [6.45, 7) is 2.88. The molecule has 2 aromatic carbocycles. The van der Waals surface area contributed by atoms with Crippen LogP contribution in [-0.2, 0) is 19.7 Å². The summed E-state index contributed by atoms with van der Waals surface area (Å²) in [7, 11) is 1.66. The molecule has 7 heteroatoms. The minimum absolute atomic E-state index is 0.0302. The quantitative estimate of drug-likeness (QED) is 0.684. The lowest BCUT2D eigenvalue weighted by atomic mass is 9.73. The second-order valence-electron chi connectivity index (χ2n) is 7.37. The van der Waals surface area contributed by atoms with E-state index in [1.165, 1.54) is 4.90 Å². The molecule has 0 aliphatic carbocycles. The Bertz CT molecular complexity index is 913. The maximum Gasteiger partial charge on any atom is 0.243 e. The molecule has 3 rings (SSSR count). The average Bonchev–Trinajstić information content (AvgIpc) is 2.70. The first kappa shape index (κ1) is 21.8. The Balaban J connectivity index is 1.76. The molecule has 154 valence electrons. The molecule has 0 spiro atoms. The number of carbonyl (C=O) groups is 2. The third kappa shape index (κ3) is 5.00. The summed E-state index contributed by atoms with van der Waals surface area (Å²) in [5.74, 6) is -0.328. The van der Waals surface area contributed by atoms with Crippen LogP contribution in [0.25, 0.3) is 0 Å². The highest BCUT2D eigenvalue weighted by molar-refractivity contribution is 9.10. The van der Waals surface area contributed by atoms with Gasteiger partial charge >= 0.3 is 0 Å². The van der Waals surface area contributed by atoms with Crippen molar-refractivity contribution in [2.75, 3.05) is 32.1 Å². The predicted molar refractivity (Wildman–Crippen MR) is 118 cm³/mol. The van der Waals surface area contributed by atoms with Gasteiger partial charge in [-0.3, -0.25) is 9.59 Å². The topological polar surface area (TPSA) is 58.6 Å². The lowest BCUT2D eigenvalue weighted by Crippen LogP contribution is -2.50. The SMILES string of the molecule is Cc1cc(Br)ccc1NC(=O)CN(C)C(=O)C1(c2cccc(Cl)c2)CCOCC1. The Morgan fingerprint density at radius 1 is 1.21 bits per heavy atom. The van der Waals surface area contributed by atoms with Crippen molar-refractivity contribution in [3.05, 3.63) is 63.1 Å². The number of amides is 2. The molecule has 2 aromatic rings. The number of nitrogens with zero attached hydrogens (tertiary/aromatic N) is 1. The second-order valence-corrected chi connectivity index (χ2v) is 8.73. The van der Waals surface area contributed by atoms with Crippen molar-refractivity contribution >= 4 is 45.0 Å². The van der Waals surface area contributed by atoms with Crippen molar-refractivity contribution in [2.45, 2.75) is 25.2 Å². The van der Waals surface area contributed by atoms with E-state index in [-0.39, 0.29) is 18.4 Å². The van der Waals surface area contributed by atoms with Crippen molar-refractivity contribution in [2.24, 2.45) is 0 Å². The van der Waals surface area contributed by atoms with E-state index in [2.05, 4.69) is 21.2 Å². The number of rotatable bonds is 5. The van der Waals surface area contributed by atoms with E-state index in [4.69, 9.17) is 16.3 Å². The van der Waals surface area contributed by atoms with E-state index in [1.54, 1.807) is 13.1 Å². The van der Waals surface area contributed by atoms with Gasteiger partial charge in [0.25, 0.3) is 0 Å². The van der Waals surface area contributed by atoms with Gasteiger partial charge in [-0.2, -0.15) is 0 Å². The molecule has 1 fully saturated rings. The van der Waals surface area contributed by atoms with Gasteiger partial charge in [-0.1, -0.05) is 39.7 Å². The minimum Gasteiger partial charge on any atom is -0.381 e. The van der Waals surface area contributed by atoms with Gasteiger partial charge in [0, 0.05) is 35.4 Å². The van der Waals surface area contributed by atoms with Crippen LogP contribution in [0, 0.1) is 6.92 Å². The molecule has 0 bridgehead atoms.